The molecule has 26 heavy (non-hydrogen) atoms. The minimum absolute atomic E-state index is 0.193. The zero-order valence-corrected chi connectivity index (χ0v) is 17.0. The van der Waals surface area contributed by atoms with E-state index < -0.39 is 31.4 Å². The number of aromatic nitrogens is 4. The van der Waals surface area contributed by atoms with Crippen LogP contribution in [0.1, 0.15) is 18.5 Å². The fourth-order valence-corrected chi connectivity index (χ4v) is 4.63. The van der Waals surface area contributed by atoms with Gasteiger partial charge in [0.25, 0.3) is 5.56 Å². The SMILES string of the molecule is C=P(C)(C)CC[C@H]1O[C@@H](n2c(SC)nc3c(=O)[nH]c(C)nc32)[C@H](O)[C@@H]1O. The number of hydrogen-bond acceptors (Lipinski definition) is 7. The van der Waals surface area contributed by atoms with Gasteiger partial charge >= 0.3 is 0 Å². The Morgan fingerprint density at radius 3 is 2.65 bits per heavy atom. The average Bonchev–Trinajstić information content (AvgIpc) is 3.04. The van der Waals surface area contributed by atoms with E-state index in [1.165, 1.54) is 11.8 Å². The molecule has 0 spiro atoms. The Hall–Kier alpha value is -1.12. The molecule has 0 aromatic carbocycles. The monoisotopic (exact) mass is 400 g/mol. The number of aryl methyl sites for hydroxylation is 1. The van der Waals surface area contributed by atoms with Crippen molar-refractivity contribution in [2.75, 3.05) is 25.7 Å². The highest BCUT2D eigenvalue weighted by atomic mass is 32.2. The molecule has 1 aliphatic heterocycles. The van der Waals surface area contributed by atoms with Crippen molar-refractivity contribution < 1.29 is 14.9 Å². The summed E-state index contributed by atoms with van der Waals surface area (Å²) in [6.07, 6.45) is 3.99. The number of H-pyrrole nitrogens is 1. The van der Waals surface area contributed by atoms with Crippen molar-refractivity contribution in [3.05, 3.63) is 16.2 Å². The summed E-state index contributed by atoms with van der Waals surface area (Å²) < 4.78 is 7.62. The van der Waals surface area contributed by atoms with Crippen LogP contribution in [0.4, 0.5) is 0 Å². The van der Waals surface area contributed by atoms with Crippen molar-refractivity contribution >= 4 is 36.1 Å². The van der Waals surface area contributed by atoms with Crippen LogP contribution >= 0.6 is 18.6 Å². The van der Waals surface area contributed by atoms with Gasteiger partial charge in [-0.3, -0.25) is 9.36 Å². The fourth-order valence-electron chi connectivity index (χ4n) is 3.10. The smallest absolute Gasteiger partial charge is 0.279 e. The van der Waals surface area contributed by atoms with Crippen LogP contribution in [0.5, 0.6) is 0 Å². The van der Waals surface area contributed by atoms with Crippen LogP contribution in [0.15, 0.2) is 9.95 Å². The first-order valence-electron chi connectivity index (χ1n) is 8.34. The van der Waals surface area contributed by atoms with E-state index in [0.717, 1.165) is 6.16 Å². The summed E-state index contributed by atoms with van der Waals surface area (Å²) >= 11 is 1.33. The molecule has 8 nitrogen and oxygen atoms in total. The molecule has 3 N–H and O–H groups in total. The molecular weight excluding hydrogens is 375 g/mol. The first-order valence-corrected chi connectivity index (χ1v) is 12.6. The van der Waals surface area contributed by atoms with Gasteiger partial charge in [-0.2, -0.15) is 0 Å². The number of thioether (sulfide) groups is 1. The summed E-state index contributed by atoms with van der Waals surface area (Å²) in [5, 5.41) is 21.6. The second kappa shape index (κ2) is 7.13. The highest BCUT2D eigenvalue weighted by Crippen LogP contribution is 2.40. The minimum Gasteiger partial charge on any atom is -0.388 e. The van der Waals surface area contributed by atoms with Crippen LogP contribution in [0.25, 0.3) is 11.2 Å². The van der Waals surface area contributed by atoms with E-state index in [4.69, 9.17) is 4.74 Å². The van der Waals surface area contributed by atoms with Gasteiger partial charge in [0.15, 0.2) is 22.5 Å². The Morgan fingerprint density at radius 2 is 2.04 bits per heavy atom. The van der Waals surface area contributed by atoms with Crippen molar-refractivity contribution in [2.24, 2.45) is 0 Å². The van der Waals surface area contributed by atoms with Crippen LogP contribution in [0.2, 0.25) is 0 Å². The van der Waals surface area contributed by atoms with Crippen LogP contribution in [-0.2, 0) is 4.74 Å². The van der Waals surface area contributed by atoms with Crippen LogP contribution in [0.3, 0.4) is 0 Å². The predicted octanol–water partition coefficient (Wildman–Crippen LogP) is 0.868. The number of hydrogen-bond donors (Lipinski definition) is 3. The quantitative estimate of drug-likeness (QED) is 0.504. The van der Waals surface area contributed by atoms with E-state index in [0.29, 0.717) is 23.0 Å². The third-order valence-corrected chi connectivity index (χ3v) is 6.55. The fraction of sp³-hybridized carbons (Fsp3) is 0.625. The third kappa shape index (κ3) is 3.64. The van der Waals surface area contributed by atoms with E-state index >= 15 is 0 Å². The first-order chi connectivity index (χ1) is 12.1. The lowest BCUT2D eigenvalue weighted by molar-refractivity contribution is -0.0400. The van der Waals surface area contributed by atoms with Crippen molar-refractivity contribution in [3.63, 3.8) is 0 Å². The highest BCUT2D eigenvalue weighted by molar-refractivity contribution is 7.98. The van der Waals surface area contributed by atoms with Gasteiger partial charge in [-0.1, -0.05) is 11.8 Å². The summed E-state index contributed by atoms with van der Waals surface area (Å²) in [6.45, 7) is 4.66. The molecule has 1 saturated heterocycles. The molecule has 144 valence electrons. The molecule has 4 atom stereocenters. The molecule has 0 amide bonds. The van der Waals surface area contributed by atoms with Gasteiger partial charge < -0.3 is 19.9 Å². The Kier molecular flexibility index (Phi) is 5.38. The number of fused-ring (bicyclic) bond motifs is 1. The summed E-state index contributed by atoms with van der Waals surface area (Å²) in [5.74, 6) is 0.449. The molecule has 0 aliphatic carbocycles. The van der Waals surface area contributed by atoms with E-state index in [2.05, 4.69) is 34.6 Å². The van der Waals surface area contributed by atoms with Gasteiger partial charge in [0.2, 0.25) is 0 Å². The Balaban J connectivity index is 2.01. The molecule has 0 bridgehead atoms. The number of ether oxygens (including phenoxy) is 1. The summed E-state index contributed by atoms with van der Waals surface area (Å²) in [6, 6.07) is 0. The lowest BCUT2D eigenvalue weighted by Crippen LogP contribution is -2.32. The lowest BCUT2D eigenvalue weighted by Gasteiger charge is -2.19. The number of aliphatic hydroxyl groups is 2. The van der Waals surface area contributed by atoms with E-state index in [9.17, 15) is 15.0 Å². The van der Waals surface area contributed by atoms with E-state index in [1.807, 2.05) is 6.26 Å². The number of rotatable bonds is 5. The van der Waals surface area contributed by atoms with Crippen LogP contribution in [0, 0.1) is 6.92 Å². The lowest BCUT2D eigenvalue weighted by atomic mass is 10.1. The molecule has 10 heteroatoms. The molecule has 0 radical (unpaired) electrons. The van der Waals surface area contributed by atoms with E-state index in [-0.39, 0.29) is 11.1 Å². The Labute approximate surface area is 156 Å². The van der Waals surface area contributed by atoms with Crippen molar-refractivity contribution in [1.29, 1.82) is 0 Å². The Morgan fingerprint density at radius 1 is 1.35 bits per heavy atom. The summed E-state index contributed by atoms with van der Waals surface area (Å²) in [5.41, 5.74) is 0.200. The molecule has 1 fully saturated rings. The molecule has 3 rings (SSSR count). The maximum absolute atomic E-state index is 12.2. The molecule has 1 aliphatic rings. The van der Waals surface area contributed by atoms with Gasteiger partial charge in [-0.15, -0.1) is 13.2 Å². The topological polar surface area (TPSA) is 113 Å². The third-order valence-electron chi connectivity index (χ3n) is 4.43. The van der Waals surface area contributed by atoms with Crippen molar-refractivity contribution in [2.45, 2.75) is 43.0 Å². The van der Waals surface area contributed by atoms with Crippen LogP contribution in [-0.4, -0.2) is 80.1 Å². The molecule has 0 saturated carbocycles. The van der Waals surface area contributed by atoms with Gasteiger partial charge in [-0.05, 0) is 39.1 Å². The van der Waals surface area contributed by atoms with E-state index in [1.54, 1.807) is 11.5 Å². The normalized spacial score (nSPS) is 26.7. The van der Waals surface area contributed by atoms with Crippen molar-refractivity contribution in [1.82, 2.24) is 19.5 Å². The second-order valence-corrected chi connectivity index (χ2v) is 12.4. The van der Waals surface area contributed by atoms with Gasteiger partial charge in [-0.25, -0.2) is 9.97 Å². The Bertz CT molecular complexity index is 921. The zero-order chi connectivity index (χ0) is 19.2. The largest absolute Gasteiger partial charge is 0.388 e. The maximum atomic E-state index is 12.2. The molecular formula is C16H25N4O4PS. The van der Waals surface area contributed by atoms with Crippen molar-refractivity contribution in [3.8, 4) is 0 Å². The number of nitrogens with zero attached hydrogens (tertiary/aromatic N) is 3. The van der Waals surface area contributed by atoms with Gasteiger partial charge in [0, 0.05) is 0 Å². The predicted molar refractivity (Wildman–Crippen MR) is 106 cm³/mol. The molecule has 2 aromatic rings. The molecule has 0 unspecified atom stereocenters. The average molecular weight is 400 g/mol. The standard InChI is InChI=1S/C16H25N4O4PS/c1-8-17-13-10(14(23)18-8)19-16(26-5)20(13)15-12(22)11(21)9(24-15)6-7-25(2,3)4/h9,11-12,15,21-22H,2,6-7H2,1,3-5H3,(H,17,18,23)/t9-,11-,12-,15-/m1/s1. The molecule has 3 heterocycles. The summed E-state index contributed by atoms with van der Waals surface area (Å²) in [4.78, 5) is 23.5. The number of nitrogens with one attached hydrogen (secondary N) is 1. The number of imidazole rings is 1. The first kappa shape index (κ1) is 19.6. The maximum Gasteiger partial charge on any atom is 0.279 e. The number of aromatic amines is 1. The summed E-state index contributed by atoms with van der Waals surface area (Å²) in [7, 11) is 0. The highest BCUT2D eigenvalue weighted by Gasteiger charge is 2.45. The number of aliphatic hydroxyl groups excluding tert-OH is 2. The zero-order valence-electron chi connectivity index (χ0n) is 15.3. The minimum atomic E-state index is -1.27. The molecule has 2 aromatic heterocycles. The second-order valence-electron chi connectivity index (χ2n) is 7.29. The van der Waals surface area contributed by atoms with Gasteiger partial charge in [0.05, 0.1) is 6.10 Å². The van der Waals surface area contributed by atoms with Gasteiger partial charge in [0.1, 0.15) is 18.0 Å². The van der Waals surface area contributed by atoms with Crippen LogP contribution < -0.4 is 5.56 Å².